The molecule has 0 bridgehead atoms. The highest BCUT2D eigenvalue weighted by atomic mass is 19.4. The summed E-state index contributed by atoms with van der Waals surface area (Å²) in [5.74, 6) is 0.0703. The number of piperidine rings is 1. The van der Waals surface area contributed by atoms with Gasteiger partial charge in [-0.25, -0.2) is 0 Å². The van der Waals surface area contributed by atoms with Crippen molar-refractivity contribution in [1.29, 1.82) is 0 Å². The second-order valence-electron chi connectivity index (χ2n) is 6.49. The lowest BCUT2D eigenvalue weighted by atomic mass is 9.93. The van der Waals surface area contributed by atoms with Crippen molar-refractivity contribution in [1.82, 2.24) is 10.2 Å². The first-order valence-electron chi connectivity index (χ1n) is 8.64. The maximum absolute atomic E-state index is 13.0. The summed E-state index contributed by atoms with van der Waals surface area (Å²) in [5, 5.41) is 12.6. The van der Waals surface area contributed by atoms with Crippen LogP contribution in [0.4, 0.5) is 13.2 Å². The number of amides is 1. The Morgan fingerprint density at radius 1 is 1.32 bits per heavy atom. The third kappa shape index (κ3) is 5.71. The molecule has 140 valence electrons. The van der Waals surface area contributed by atoms with Gasteiger partial charge in [0.2, 0.25) is 5.91 Å². The normalized spacial score (nSPS) is 18.1. The summed E-state index contributed by atoms with van der Waals surface area (Å²) in [5.41, 5.74) is -1.09. The molecule has 7 heteroatoms. The van der Waals surface area contributed by atoms with Crippen molar-refractivity contribution in [3.63, 3.8) is 0 Å². The number of likely N-dealkylation sites (tertiary alicyclic amines) is 1. The molecule has 2 N–H and O–H groups in total. The van der Waals surface area contributed by atoms with Crippen LogP contribution in [0.3, 0.4) is 0 Å². The van der Waals surface area contributed by atoms with Gasteiger partial charge in [0, 0.05) is 13.0 Å². The van der Waals surface area contributed by atoms with Crippen molar-refractivity contribution in [2.24, 2.45) is 5.92 Å². The largest absolute Gasteiger partial charge is 0.416 e. The zero-order valence-corrected chi connectivity index (χ0v) is 14.4. The minimum absolute atomic E-state index is 0.216. The van der Waals surface area contributed by atoms with Crippen LogP contribution in [0.2, 0.25) is 0 Å². The van der Waals surface area contributed by atoms with Crippen LogP contribution in [0.1, 0.15) is 43.4 Å². The number of nitrogens with one attached hydrogen (secondary N) is 1. The van der Waals surface area contributed by atoms with Crippen molar-refractivity contribution in [3.05, 3.63) is 35.4 Å². The number of nitrogens with zero attached hydrogens (tertiary/aromatic N) is 1. The van der Waals surface area contributed by atoms with E-state index in [1.165, 1.54) is 18.2 Å². The van der Waals surface area contributed by atoms with Gasteiger partial charge in [0.05, 0.1) is 11.7 Å². The lowest BCUT2D eigenvalue weighted by molar-refractivity contribution is -0.139. The highest BCUT2D eigenvalue weighted by Crippen LogP contribution is 2.34. The molecule has 0 aromatic heterocycles. The molecule has 1 aromatic carbocycles. The van der Waals surface area contributed by atoms with Gasteiger partial charge in [-0.1, -0.05) is 25.1 Å². The molecule has 1 heterocycles. The van der Waals surface area contributed by atoms with Gasteiger partial charge < -0.3 is 15.3 Å². The fourth-order valence-corrected chi connectivity index (χ4v) is 3.21. The number of hydrogen-bond donors (Lipinski definition) is 2. The molecule has 25 heavy (non-hydrogen) atoms. The number of hydrogen-bond acceptors (Lipinski definition) is 3. The predicted octanol–water partition coefficient (Wildman–Crippen LogP) is 2.98. The third-order valence-corrected chi connectivity index (χ3v) is 4.75. The first-order valence-corrected chi connectivity index (χ1v) is 8.64. The number of aliphatic hydroxyl groups is 1. The average molecular weight is 358 g/mol. The summed E-state index contributed by atoms with van der Waals surface area (Å²) in [6.45, 7) is 4.82. The molecule has 0 saturated carbocycles. The fraction of sp³-hybridized carbons (Fsp3) is 0.611. The quantitative estimate of drug-likeness (QED) is 0.822. The van der Waals surface area contributed by atoms with Gasteiger partial charge in [-0.05, 0) is 50.0 Å². The topological polar surface area (TPSA) is 52.6 Å². The first kappa shape index (κ1) is 19.7. The standard InChI is InChI=1S/C18H25F3N2O2/c1-2-23-9-7-13(8-10-23)11-17(25)22-12-16(24)14-5-3-4-6-15(14)18(19,20)21/h3-6,13,16,24H,2,7-12H2,1H3,(H,22,25). The Morgan fingerprint density at radius 2 is 1.96 bits per heavy atom. The van der Waals surface area contributed by atoms with E-state index in [0.717, 1.165) is 38.5 Å². The van der Waals surface area contributed by atoms with Crippen LogP contribution in [0.15, 0.2) is 24.3 Å². The van der Waals surface area contributed by atoms with Gasteiger partial charge in [0.15, 0.2) is 0 Å². The third-order valence-electron chi connectivity index (χ3n) is 4.75. The molecule has 0 spiro atoms. The van der Waals surface area contributed by atoms with E-state index in [0.29, 0.717) is 12.3 Å². The SMILES string of the molecule is CCN1CCC(CC(=O)NCC(O)c2ccccc2C(F)(F)F)CC1. The molecule has 0 radical (unpaired) electrons. The monoisotopic (exact) mass is 358 g/mol. The van der Waals surface area contributed by atoms with E-state index in [2.05, 4.69) is 17.1 Å². The molecule has 4 nitrogen and oxygen atoms in total. The summed E-state index contributed by atoms with van der Waals surface area (Å²) < 4.78 is 38.9. The van der Waals surface area contributed by atoms with Gasteiger partial charge in [-0.15, -0.1) is 0 Å². The number of alkyl halides is 3. The number of rotatable bonds is 6. The summed E-state index contributed by atoms with van der Waals surface area (Å²) in [4.78, 5) is 14.3. The smallest absolute Gasteiger partial charge is 0.387 e. The van der Waals surface area contributed by atoms with E-state index in [4.69, 9.17) is 0 Å². The summed E-state index contributed by atoms with van der Waals surface area (Å²) in [6, 6.07) is 4.89. The molecule has 1 atom stereocenters. The van der Waals surface area contributed by atoms with Crippen LogP contribution in [0.25, 0.3) is 0 Å². The summed E-state index contributed by atoms with van der Waals surface area (Å²) in [6.07, 6.45) is -3.68. The van der Waals surface area contributed by atoms with Gasteiger partial charge in [0.1, 0.15) is 0 Å². The Hall–Kier alpha value is -1.60. The van der Waals surface area contributed by atoms with Crippen LogP contribution < -0.4 is 5.32 Å². The van der Waals surface area contributed by atoms with E-state index in [1.54, 1.807) is 0 Å². The minimum atomic E-state index is -4.53. The van der Waals surface area contributed by atoms with Crippen molar-refractivity contribution in [2.75, 3.05) is 26.2 Å². The molecular formula is C18H25F3N2O2. The molecule has 1 amide bonds. The Kier molecular flexibility index (Phi) is 6.84. The fourth-order valence-electron chi connectivity index (χ4n) is 3.21. The van der Waals surface area contributed by atoms with Gasteiger partial charge in [0.25, 0.3) is 0 Å². The molecule has 1 aromatic rings. The molecule has 1 fully saturated rings. The van der Waals surface area contributed by atoms with Gasteiger partial charge in [-0.3, -0.25) is 4.79 Å². The van der Waals surface area contributed by atoms with Crippen molar-refractivity contribution in [3.8, 4) is 0 Å². The van der Waals surface area contributed by atoms with Crippen LogP contribution in [-0.4, -0.2) is 42.1 Å². The highest BCUT2D eigenvalue weighted by molar-refractivity contribution is 5.76. The lowest BCUT2D eigenvalue weighted by Crippen LogP contribution is -2.36. The molecule has 1 aliphatic rings. The second kappa shape index (κ2) is 8.67. The summed E-state index contributed by atoms with van der Waals surface area (Å²) >= 11 is 0. The zero-order chi connectivity index (χ0) is 18.4. The van der Waals surface area contributed by atoms with Crippen molar-refractivity contribution >= 4 is 5.91 Å². The van der Waals surface area contributed by atoms with Crippen molar-refractivity contribution < 1.29 is 23.1 Å². The Balaban J connectivity index is 1.84. The second-order valence-corrected chi connectivity index (χ2v) is 6.49. The van der Waals surface area contributed by atoms with E-state index in [1.807, 2.05) is 0 Å². The number of carbonyl (C=O) groups is 1. The molecule has 1 unspecified atom stereocenters. The van der Waals surface area contributed by atoms with Crippen LogP contribution in [0.5, 0.6) is 0 Å². The Labute approximate surface area is 146 Å². The van der Waals surface area contributed by atoms with E-state index in [9.17, 15) is 23.1 Å². The number of aliphatic hydroxyl groups excluding tert-OH is 1. The maximum Gasteiger partial charge on any atom is 0.416 e. The highest BCUT2D eigenvalue weighted by Gasteiger charge is 2.34. The minimum Gasteiger partial charge on any atom is -0.387 e. The lowest BCUT2D eigenvalue weighted by Gasteiger charge is -2.30. The molecular weight excluding hydrogens is 333 g/mol. The van der Waals surface area contributed by atoms with Gasteiger partial charge >= 0.3 is 6.18 Å². The maximum atomic E-state index is 13.0. The van der Waals surface area contributed by atoms with Crippen LogP contribution >= 0.6 is 0 Å². The van der Waals surface area contributed by atoms with Gasteiger partial charge in [-0.2, -0.15) is 13.2 Å². The Morgan fingerprint density at radius 3 is 2.56 bits per heavy atom. The average Bonchev–Trinajstić information content (AvgIpc) is 2.59. The van der Waals surface area contributed by atoms with Crippen LogP contribution in [-0.2, 0) is 11.0 Å². The summed E-state index contributed by atoms with van der Waals surface area (Å²) in [7, 11) is 0. The predicted molar refractivity (Wildman–Crippen MR) is 88.9 cm³/mol. The molecule has 0 aliphatic carbocycles. The van der Waals surface area contributed by atoms with E-state index in [-0.39, 0.29) is 18.0 Å². The van der Waals surface area contributed by atoms with Crippen molar-refractivity contribution in [2.45, 2.75) is 38.5 Å². The van der Waals surface area contributed by atoms with E-state index < -0.39 is 17.8 Å². The number of carbonyl (C=O) groups excluding carboxylic acids is 1. The van der Waals surface area contributed by atoms with E-state index >= 15 is 0 Å². The van der Waals surface area contributed by atoms with Crippen LogP contribution in [0, 0.1) is 5.92 Å². The Bertz CT molecular complexity index is 570. The number of halogens is 3. The molecule has 1 aliphatic heterocycles. The molecule has 2 rings (SSSR count). The molecule has 1 saturated heterocycles. The first-order chi connectivity index (χ1) is 11.8. The zero-order valence-electron chi connectivity index (χ0n) is 14.4. The number of benzene rings is 1.